The van der Waals surface area contributed by atoms with Gasteiger partial charge in [-0.3, -0.25) is 4.72 Å². The van der Waals surface area contributed by atoms with Gasteiger partial charge in [-0.15, -0.1) is 11.3 Å². The second-order valence-electron chi connectivity index (χ2n) is 7.50. The van der Waals surface area contributed by atoms with E-state index >= 15 is 0 Å². The summed E-state index contributed by atoms with van der Waals surface area (Å²) in [7, 11) is 0.594. The van der Waals surface area contributed by atoms with Gasteiger partial charge < -0.3 is 14.5 Å². The van der Waals surface area contributed by atoms with E-state index in [0.29, 0.717) is 29.6 Å². The first kappa shape index (κ1) is 19.5. The zero-order valence-corrected chi connectivity index (χ0v) is 17.8. The lowest BCUT2D eigenvalue weighted by Crippen LogP contribution is -2.53. The van der Waals surface area contributed by atoms with E-state index in [-0.39, 0.29) is 4.90 Å². The molecule has 1 fully saturated rings. The number of benzene rings is 1. The largest absolute Gasteiger partial charge is 0.490 e. The fourth-order valence-corrected chi connectivity index (χ4v) is 6.04. The summed E-state index contributed by atoms with van der Waals surface area (Å²) in [5, 5.41) is 2.09. The van der Waals surface area contributed by atoms with Crippen LogP contribution in [-0.2, 0) is 10.0 Å². The van der Waals surface area contributed by atoms with Crippen molar-refractivity contribution in [3.63, 3.8) is 0 Å². The van der Waals surface area contributed by atoms with E-state index < -0.39 is 10.0 Å². The van der Waals surface area contributed by atoms with Gasteiger partial charge in [0.1, 0.15) is 12.4 Å². The van der Waals surface area contributed by atoms with Gasteiger partial charge in [0, 0.05) is 29.7 Å². The molecule has 1 saturated carbocycles. The van der Waals surface area contributed by atoms with Gasteiger partial charge in [0.2, 0.25) is 0 Å². The highest BCUT2D eigenvalue weighted by Gasteiger charge is 2.34. The van der Waals surface area contributed by atoms with Crippen LogP contribution in [0.4, 0.5) is 10.8 Å². The van der Waals surface area contributed by atoms with E-state index in [1.165, 1.54) is 30.6 Å². The van der Waals surface area contributed by atoms with Gasteiger partial charge >= 0.3 is 0 Å². The summed E-state index contributed by atoms with van der Waals surface area (Å²) in [6.45, 7) is 1.39. The van der Waals surface area contributed by atoms with Gasteiger partial charge in [-0.2, -0.15) is 0 Å². The van der Waals surface area contributed by atoms with Crippen molar-refractivity contribution in [2.24, 2.45) is 0 Å². The second kappa shape index (κ2) is 7.88. The molecule has 2 heterocycles. The fraction of sp³-hybridized carbons (Fsp3) is 0.526. The lowest BCUT2D eigenvalue weighted by molar-refractivity contribution is 0.184. The van der Waals surface area contributed by atoms with Gasteiger partial charge in [0.05, 0.1) is 17.1 Å². The zero-order valence-electron chi connectivity index (χ0n) is 16.2. The first-order chi connectivity index (χ1) is 13.5. The van der Waals surface area contributed by atoms with Crippen LogP contribution in [0.1, 0.15) is 25.7 Å². The van der Waals surface area contributed by atoms with Crippen LogP contribution in [0.25, 0.3) is 0 Å². The number of aromatic nitrogens is 1. The highest BCUT2D eigenvalue weighted by atomic mass is 32.2. The molecule has 0 saturated heterocycles. The van der Waals surface area contributed by atoms with E-state index in [4.69, 9.17) is 4.74 Å². The Kier molecular flexibility index (Phi) is 5.48. The van der Waals surface area contributed by atoms with Crippen molar-refractivity contribution in [3.05, 3.63) is 29.8 Å². The Morgan fingerprint density at radius 3 is 2.86 bits per heavy atom. The number of ether oxygens (including phenoxy) is 1. The van der Waals surface area contributed by atoms with Crippen LogP contribution in [0.5, 0.6) is 5.75 Å². The molecule has 152 valence electrons. The highest BCUT2D eigenvalue weighted by molar-refractivity contribution is 7.93. The van der Waals surface area contributed by atoms with Crippen molar-refractivity contribution in [3.8, 4) is 5.75 Å². The number of nitrogens with zero attached hydrogens (tertiary/aromatic N) is 3. The SMILES string of the molecule is CN(C)[C@H]1CCCC[C@@H]1N1CCOc2cc(S(=O)(=O)Nc3nccs3)ccc21. The van der Waals surface area contributed by atoms with Crippen molar-refractivity contribution >= 4 is 32.2 Å². The average Bonchev–Trinajstić information content (AvgIpc) is 3.19. The summed E-state index contributed by atoms with van der Waals surface area (Å²) in [4.78, 5) is 8.91. The first-order valence-corrected chi connectivity index (χ1v) is 11.9. The van der Waals surface area contributed by atoms with Gasteiger partial charge in [-0.1, -0.05) is 12.8 Å². The summed E-state index contributed by atoms with van der Waals surface area (Å²) >= 11 is 1.25. The molecule has 28 heavy (non-hydrogen) atoms. The molecule has 2 atom stereocenters. The quantitative estimate of drug-likeness (QED) is 0.798. The normalized spacial score (nSPS) is 22.6. The lowest BCUT2D eigenvalue weighted by atomic mass is 9.88. The van der Waals surface area contributed by atoms with Crippen LogP contribution in [0.2, 0.25) is 0 Å². The maximum atomic E-state index is 12.7. The molecule has 0 amide bonds. The zero-order chi connectivity index (χ0) is 19.7. The predicted molar refractivity (Wildman–Crippen MR) is 112 cm³/mol. The van der Waals surface area contributed by atoms with Crippen molar-refractivity contribution in [1.29, 1.82) is 0 Å². The van der Waals surface area contributed by atoms with Crippen LogP contribution in [0.3, 0.4) is 0 Å². The number of rotatable bonds is 5. The molecular weight excluding hydrogens is 396 g/mol. The van der Waals surface area contributed by atoms with E-state index in [2.05, 4.69) is 33.6 Å². The molecule has 0 radical (unpaired) electrons. The lowest BCUT2D eigenvalue weighted by Gasteiger charge is -2.45. The Hall–Kier alpha value is -1.84. The number of hydrogen-bond donors (Lipinski definition) is 1. The van der Waals surface area contributed by atoms with E-state index in [1.807, 2.05) is 6.07 Å². The molecule has 2 aromatic rings. The molecule has 7 nitrogen and oxygen atoms in total. The van der Waals surface area contributed by atoms with Crippen LogP contribution >= 0.6 is 11.3 Å². The molecule has 1 aromatic carbocycles. The molecule has 0 bridgehead atoms. The third-order valence-corrected chi connectivity index (χ3v) is 7.71. The van der Waals surface area contributed by atoms with Crippen LogP contribution in [0.15, 0.2) is 34.7 Å². The van der Waals surface area contributed by atoms with Crippen molar-refractivity contribution in [2.75, 3.05) is 36.9 Å². The third-order valence-electron chi connectivity index (χ3n) is 5.55. The number of thiazole rings is 1. The van der Waals surface area contributed by atoms with Crippen LogP contribution in [-0.4, -0.2) is 57.6 Å². The van der Waals surface area contributed by atoms with Crippen molar-refractivity contribution in [1.82, 2.24) is 9.88 Å². The number of anilines is 2. The Labute approximate surface area is 170 Å². The molecule has 2 aliphatic rings. The summed E-state index contributed by atoms with van der Waals surface area (Å²) in [5.74, 6) is 0.636. The Bertz CT molecular complexity index is 915. The summed E-state index contributed by atoms with van der Waals surface area (Å²) in [5.41, 5.74) is 0.984. The molecule has 1 aromatic heterocycles. The fourth-order valence-electron chi connectivity index (χ4n) is 4.24. The van der Waals surface area contributed by atoms with E-state index in [9.17, 15) is 8.42 Å². The predicted octanol–water partition coefficient (Wildman–Crippen LogP) is 3.02. The van der Waals surface area contributed by atoms with Gasteiger partial charge in [0.15, 0.2) is 5.13 Å². The van der Waals surface area contributed by atoms with Crippen LogP contribution < -0.4 is 14.4 Å². The number of sulfonamides is 1. The number of hydrogen-bond acceptors (Lipinski definition) is 7. The van der Waals surface area contributed by atoms with E-state index in [1.54, 1.807) is 23.7 Å². The Morgan fingerprint density at radius 1 is 1.29 bits per heavy atom. The molecule has 0 spiro atoms. The van der Waals surface area contributed by atoms with Crippen LogP contribution in [0, 0.1) is 0 Å². The molecule has 1 aliphatic heterocycles. The molecule has 0 unspecified atom stereocenters. The number of nitrogens with one attached hydrogen (secondary N) is 1. The Morgan fingerprint density at radius 2 is 2.11 bits per heavy atom. The summed E-state index contributed by atoms with van der Waals surface area (Å²) < 4.78 is 33.8. The number of likely N-dealkylation sites (N-methyl/N-ethyl adjacent to an activating group) is 1. The molecule has 1 N–H and O–H groups in total. The topological polar surface area (TPSA) is 74.8 Å². The minimum Gasteiger partial charge on any atom is -0.490 e. The summed E-state index contributed by atoms with van der Waals surface area (Å²) in [6, 6.07) is 6.08. The average molecular weight is 423 g/mol. The van der Waals surface area contributed by atoms with Crippen molar-refractivity contribution in [2.45, 2.75) is 42.7 Å². The van der Waals surface area contributed by atoms with Gasteiger partial charge in [-0.05, 0) is 39.1 Å². The summed E-state index contributed by atoms with van der Waals surface area (Å²) in [6.07, 6.45) is 6.40. The van der Waals surface area contributed by atoms with Gasteiger partial charge in [-0.25, -0.2) is 13.4 Å². The van der Waals surface area contributed by atoms with Crippen molar-refractivity contribution < 1.29 is 13.2 Å². The standard InChI is InChI=1S/C19H26N4O3S2/c1-22(2)15-5-3-4-6-16(15)23-10-11-26-18-13-14(7-8-17(18)23)28(24,25)21-19-20-9-12-27-19/h7-9,12-13,15-16H,3-6,10-11H2,1-2H3,(H,20,21)/t15-,16-/m0/s1. The molecular formula is C19H26N4O3S2. The third kappa shape index (κ3) is 3.83. The number of fused-ring (bicyclic) bond motifs is 1. The minimum absolute atomic E-state index is 0.191. The first-order valence-electron chi connectivity index (χ1n) is 9.58. The van der Waals surface area contributed by atoms with E-state index in [0.717, 1.165) is 18.7 Å². The smallest absolute Gasteiger partial charge is 0.263 e. The Balaban J connectivity index is 1.62. The highest BCUT2D eigenvalue weighted by Crippen LogP contribution is 2.38. The second-order valence-corrected chi connectivity index (χ2v) is 10.1. The molecule has 9 heteroatoms. The minimum atomic E-state index is -3.69. The maximum Gasteiger partial charge on any atom is 0.263 e. The molecule has 1 aliphatic carbocycles. The monoisotopic (exact) mass is 422 g/mol. The molecule has 4 rings (SSSR count). The van der Waals surface area contributed by atoms with Gasteiger partial charge in [0.25, 0.3) is 10.0 Å². The maximum absolute atomic E-state index is 12.7.